The average molecular weight is 385 g/mol. The molecule has 1 aromatic carbocycles. The van der Waals surface area contributed by atoms with Crippen LogP contribution in [0.25, 0.3) is 0 Å². The van der Waals surface area contributed by atoms with E-state index in [-0.39, 0.29) is 0 Å². The zero-order chi connectivity index (χ0) is 20.5. The normalized spacial score (nSPS) is 11.6. The van der Waals surface area contributed by atoms with Gasteiger partial charge in [-0.15, -0.1) is 0 Å². The highest BCUT2D eigenvalue weighted by Gasteiger charge is 2.09. The molecular formula is C22H36N6. The van der Waals surface area contributed by atoms with Gasteiger partial charge in [-0.1, -0.05) is 12.1 Å². The van der Waals surface area contributed by atoms with Crippen molar-refractivity contribution in [3.05, 3.63) is 46.8 Å². The van der Waals surface area contributed by atoms with Gasteiger partial charge in [0.2, 0.25) is 0 Å². The van der Waals surface area contributed by atoms with E-state index in [2.05, 4.69) is 79.5 Å². The Kier molecular flexibility index (Phi) is 8.36. The van der Waals surface area contributed by atoms with Gasteiger partial charge >= 0.3 is 0 Å². The second-order valence-electron chi connectivity index (χ2n) is 7.13. The van der Waals surface area contributed by atoms with Crippen molar-refractivity contribution in [3.63, 3.8) is 0 Å². The highest BCUT2D eigenvalue weighted by molar-refractivity contribution is 5.79. The second kappa shape index (κ2) is 10.7. The Morgan fingerprint density at radius 1 is 1.18 bits per heavy atom. The predicted octanol–water partition coefficient (Wildman–Crippen LogP) is 2.97. The van der Waals surface area contributed by atoms with Crippen LogP contribution < -0.4 is 15.5 Å². The first-order valence-electron chi connectivity index (χ1n) is 10.3. The fraction of sp³-hybridized carbons (Fsp3) is 0.545. The van der Waals surface area contributed by atoms with Gasteiger partial charge in [-0.25, -0.2) is 0 Å². The van der Waals surface area contributed by atoms with E-state index in [1.807, 2.05) is 11.7 Å². The third-order valence-corrected chi connectivity index (χ3v) is 5.06. The molecule has 0 fully saturated rings. The molecule has 28 heavy (non-hydrogen) atoms. The Balaban J connectivity index is 1.90. The van der Waals surface area contributed by atoms with Gasteiger partial charge < -0.3 is 15.5 Å². The maximum atomic E-state index is 4.75. The standard InChI is InChI=1S/C22H36N6/c1-7-23-22(24-13-12-21-18(4)26-27(6)19(21)5)25-14-15-28(8-2)20-11-9-10-17(3)16-20/h9-11,16H,7-8,12-15H2,1-6H3,(H2,23,24,25). The molecule has 0 bridgehead atoms. The fourth-order valence-corrected chi connectivity index (χ4v) is 3.40. The summed E-state index contributed by atoms with van der Waals surface area (Å²) in [5.74, 6) is 0.877. The van der Waals surface area contributed by atoms with Gasteiger partial charge in [0.15, 0.2) is 5.96 Å². The Morgan fingerprint density at radius 3 is 2.57 bits per heavy atom. The lowest BCUT2D eigenvalue weighted by Crippen LogP contribution is -2.41. The van der Waals surface area contributed by atoms with Gasteiger partial charge in [-0.3, -0.25) is 9.67 Å². The smallest absolute Gasteiger partial charge is 0.191 e. The maximum absolute atomic E-state index is 4.75. The Hall–Kier alpha value is -2.50. The summed E-state index contributed by atoms with van der Waals surface area (Å²) in [6, 6.07) is 8.67. The molecule has 154 valence electrons. The maximum Gasteiger partial charge on any atom is 0.191 e. The molecule has 2 N–H and O–H groups in total. The van der Waals surface area contributed by atoms with E-state index in [4.69, 9.17) is 4.99 Å². The summed E-state index contributed by atoms with van der Waals surface area (Å²) in [5, 5.41) is 11.3. The van der Waals surface area contributed by atoms with Crippen molar-refractivity contribution in [1.82, 2.24) is 20.4 Å². The zero-order valence-electron chi connectivity index (χ0n) is 18.3. The minimum Gasteiger partial charge on any atom is -0.370 e. The van der Waals surface area contributed by atoms with Crippen LogP contribution in [-0.2, 0) is 13.5 Å². The quantitative estimate of drug-likeness (QED) is 0.515. The van der Waals surface area contributed by atoms with Crippen molar-refractivity contribution in [2.45, 2.75) is 41.0 Å². The number of hydrogen-bond donors (Lipinski definition) is 2. The SMILES string of the molecule is CCNC(=NCCc1c(C)nn(C)c1C)NCCN(CC)c1cccc(C)c1. The number of hydrogen-bond acceptors (Lipinski definition) is 3. The molecule has 6 nitrogen and oxygen atoms in total. The first-order valence-corrected chi connectivity index (χ1v) is 10.3. The number of aliphatic imine (C=N–C) groups is 1. The fourth-order valence-electron chi connectivity index (χ4n) is 3.40. The molecule has 1 aromatic heterocycles. The molecule has 0 spiro atoms. The topological polar surface area (TPSA) is 57.5 Å². The van der Waals surface area contributed by atoms with Crippen LogP contribution in [0.3, 0.4) is 0 Å². The largest absolute Gasteiger partial charge is 0.370 e. The van der Waals surface area contributed by atoms with E-state index in [1.54, 1.807) is 0 Å². The van der Waals surface area contributed by atoms with Crippen LogP contribution in [0.5, 0.6) is 0 Å². The van der Waals surface area contributed by atoms with E-state index in [0.717, 1.165) is 50.8 Å². The number of anilines is 1. The molecule has 0 radical (unpaired) electrons. The lowest BCUT2D eigenvalue weighted by molar-refractivity contribution is 0.729. The number of rotatable bonds is 9. The third kappa shape index (κ3) is 6.01. The Morgan fingerprint density at radius 2 is 1.96 bits per heavy atom. The van der Waals surface area contributed by atoms with Crippen LogP contribution in [0.2, 0.25) is 0 Å². The minimum atomic E-state index is 0.748. The van der Waals surface area contributed by atoms with E-state index in [0.29, 0.717) is 0 Å². The van der Waals surface area contributed by atoms with E-state index in [1.165, 1.54) is 22.5 Å². The van der Waals surface area contributed by atoms with Gasteiger partial charge in [0.05, 0.1) is 5.69 Å². The van der Waals surface area contributed by atoms with Crippen molar-refractivity contribution in [2.24, 2.45) is 12.0 Å². The van der Waals surface area contributed by atoms with E-state index in [9.17, 15) is 0 Å². The van der Waals surface area contributed by atoms with Crippen molar-refractivity contribution in [3.8, 4) is 0 Å². The Bertz CT molecular complexity index is 777. The summed E-state index contributed by atoms with van der Waals surface area (Å²) >= 11 is 0. The predicted molar refractivity (Wildman–Crippen MR) is 119 cm³/mol. The number of aryl methyl sites for hydroxylation is 3. The highest BCUT2D eigenvalue weighted by Crippen LogP contribution is 2.15. The van der Waals surface area contributed by atoms with Gasteiger partial charge in [0.1, 0.15) is 0 Å². The average Bonchev–Trinajstić information content (AvgIpc) is 2.91. The van der Waals surface area contributed by atoms with E-state index >= 15 is 0 Å². The van der Waals surface area contributed by atoms with Gasteiger partial charge in [-0.2, -0.15) is 5.10 Å². The summed E-state index contributed by atoms with van der Waals surface area (Å²) in [6.07, 6.45) is 0.909. The molecule has 0 aliphatic rings. The van der Waals surface area contributed by atoms with Crippen LogP contribution in [-0.4, -0.2) is 48.5 Å². The highest BCUT2D eigenvalue weighted by atomic mass is 15.3. The lowest BCUT2D eigenvalue weighted by Gasteiger charge is -2.24. The number of nitrogens with zero attached hydrogens (tertiary/aromatic N) is 4. The van der Waals surface area contributed by atoms with Crippen LogP contribution in [0.15, 0.2) is 29.3 Å². The Labute approximate surface area is 170 Å². The molecule has 0 atom stereocenters. The monoisotopic (exact) mass is 384 g/mol. The summed E-state index contributed by atoms with van der Waals surface area (Å²) in [6.45, 7) is 15.0. The summed E-state index contributed by atoms with van der Waals surface area (Å²) in [5.41, 5.74) is 6.19. The first-order chi connectivity index (χ1) is 13.5. The number of likely N-dealkylation sites (N-methyl/N-ethyl adjacent to an activating group) is 1. The second-order valence-corrected chi connectivity index (χ2v) is 7.13. The number of guanidine groups is 1. The van der Waals surface area contributed by atoms with Crippen LogP contribution in [0, 0.1) is 20.8 Å². The summed E-state index contributed by atoms with van der Waals surface area (Å²) < 4.78 is 1.95. The third-order valence-electron chi connectivity index (χ3n) is 5.06. The van der Waals surface area contributed by atoms with Crippen LogP contribution in [0.1, 0.15) is 36.4 Å². The number of nitrogens with one attached hydrogen (secondary N) is 2. The summed E-state index contributed by atoms with van der Waals surface area (Å²) in [4.78, 5) is 7.13. The number of benzene rings is 1. The molecular weight excluding hydrogens is 348 g/mol. The molecule has 0 saturated heterocycles. The van der Waals surface area contributed by atoms with Crippen LogP contribution >= 0.6 is 0 Å². The van der Waals surface area contributed by atoms with Gasteiger partial charge in [-0.05, 0) is 64.3 Å². The molecule has 0 aliphatic carbocycles. The van der Waals surface area contributed by atoms with Crippen LogP contribution in [0.4, 0.5) is 5.69 Å². The van der Waals surface area contributed by atoms with Gasteiger partial charge in [0.25, 0.3) is 0 Å². The first kappa shape index (κ1) is 21.8. The molecule has 1 heterocycles. The number of aromatic nitrogens is 2. The molecule has 2 aromatic rings. The molecule has 0 saturated carbocycles. The van der Waals surface area contributed by atoms with Crippen molar-refractivity contribution in [1.29, 1.82) is 0 Å². The van der Waals surface area contributed by atoms with Crippen molar-refractivity contribution < 1.29 is 0 Å². The molecule has 2 rings (SSSR count). The van der Waals surface area contributed by atoms with E-state index < -0.39 is 0 Å². The molecule has 0 aliphatic heterocycles. The van der Waals surface area contributed by atoms with Crippen molar-refractivity contribution in [2.75, 3.05) is 37.6 Å². The van der Waals surface area contributed by atoms with Gasteiger partial charge in [0, 0.05) is 51.2 Å². The molecule has 6 heteroatoms. The summed E-state index contributed by atoms with van der Waals surface area (Å²) in [7, 11) is 1.99. The lowest BCUT2D eigenvalue weighted by atomic mass is 10.1. The molecule has 0 unspecified atom stereocenters. The zero-order valence-corrected chi connectivity index (χ0v) is 18.3. The molecule has 0 amide bonds. The minimum absolute atomic E-state index is 0.748. The van der Waals surface area contributed by atoms with Crippen molar-refractivity contribution >= 4 is 11.6 Å².